The number of carbonyl (C=O) groups is 1. The number of carbonyl (C=O) groups excluding carboxylic acids is 1. The van der Waals surface area contributed by atoms with E-state index in [1.54, 1.807) is 0 Å². The number of aryl methyl sites for hydroxylation is 1. The zero-order valence-electron chi connectivity index (χ0n) is 15.2. The highest BCUT2D eigenvalue weighted by atomic mass is 16.2. The number of nitrogens with zero attached hydrogens (tertiary/aromatic N) is 2. The van der Waals surface area contributed by atoms with Crippen molar-refractivity contribution in [3.63, 3.8) is 0 Å². The number of piperazine rings is 1. The maximum Gasteiger partial charge on any atom is 0.317 e. The van der Waals surface area contributed by atoms with Gasteiger partial charge in [0.25, 0.3) is 0 Å². The Kier molecular flexibility index (Phi) is 5.09. The minimum Gasteiger partial charge on any atom is -0.368 e. The molecule has 2 amide bonds. The second-order valence-corrected chi connectivity index (χ2v) is 7.28. The molecule has 136 valence electrons. The molecule has 0 radical (unpaired) electrons. The molecule has 2 aliphatic rings. The number of urea groups is 1. The lowest BCUT2D eigenvalue weighted by Gasteiger charge is -2.36. The standard InChI is InChI=1S/C22H27N3O/c26-22(23-17-19-9-6-8-18-7-4-5-12-21(18)19)25-15-13-24(14-16-25)20-10-2-1-3-11-20/h1-5,7,10-12,19H,6,8-9,13-17H2,(H,23,26). The molecule has 1 atom stereocenters. The fourth-order valence-corrected chi connectivity index (χ4v) is 4.20. The van der Waals surface area contributed by atoms with Crippen molar-refractivity contribution in [2.24, 2.45) is 0 Å². The number of benzene rings is 2. The van der Waals surface area contributed by atoms with Gasteiger partial charge in [0, 0.05) is 44.3 Å². The summed E-state index contributed by atoms with van der Waals surface area (Å²) in [7, 11) is 0. The summed E-state index contributed by atoms with van der Waals surface area (Å²) in [6, 6.07) is 19.2. The van der Waals surface area contributed by atoms with E-state index in [2.05, 4.69) is 58.7 Å². The molecule has 0 aromatic heterocycles. The van der Waals surface area contributed by atoms with Crippen LogP contribution >= 0.6 is 0 Å². The summed E-state index contributed by atoms with van der Waals surface area (Å²) in [5.74, 6) is 0.453. The van der Waals surface area contributed by atoms with Crippen LogP contribution in [-0.4, -0.2) is 43.7 Å². The number of rotatable bonds is 3. The van der Waals surface area contributed by atoms with Gasteiger partial charge in [-0.25, -0.2) is 4.79 Å². The van der Waals surface area contributed by atoms with Gasteiger partial charge in [0.15, 0.2) is 0 Å². The van der Waals surface area contributed by atoms with Crippen molar-refractivity contribution < 1.29 is 4.79 Å². The predicted octanol–water partition coefficient (Wildman–Crippen LogP) is 3.64. The lowest BCUT2D eigenvalue weighted by Crippen LogP contribution is -2.52. The highest BCUT2D eigenvalue weighted by Gasteiger charge is 2.24. The minimum atomic E-state index is 0.0840. The molecule has 2 aromatic carbocycles. The van der Waals surface area contributed by atoms with Crippen LogP contribution in [0.25, 0.3) is 0 Å². The number of hydrogen-bond acceptors (Lipinski definition) is 2. The molecular formula is C22H27N3O. The van der Waals surface area contributed by atoms with Gasteiger partial charge in [0.05, 0.1) is 0 Å². The first-order valence-corrected chi connectivity index (χ1v) is 9.72. The molecule has 4 rings (SSSR count). The first-order chi connectivity index (χ1) is 12.8. The van der Waals surface area contributed by atoms with Crippen LogP contribution in [0.4, 0.5) is 10.5 Å². The number of fused-ring (bicyclic) bond motifs is 1. The van der Waals surface area contributed by atoms with Gasteiger partial charge >= 0.3 is 6.03 Å². The Morgan fingerprint density at radius 1 is 0.962 bits per heavy atom. The normalized spacial score (nSPS) is 19.8. The number of amides is 2. The highest BCUT2D eigenvalue weighted by molar-refractivity contribution is 5.74. The van der Waals surface area contributed by atoms with Gasteiger partial charge in [0.2, 0.25) is 0 Å². The van der Waals surface area contributed by atoms with E-state index in [4.69, 9.17) is 0 Å². The molecule has 1 heterocycles. The molecule has 0 saturated carbocycles. The van der Waals surface area contributed by atoms with Crippen LogP contribution in [0.1, 0.15) is 29.9 Å². The summed E-state index contributed by atoms with van der Waals surface area (Å²) in [6.45, 7) is 4.09. The van der Waals surface area contributed by atoms with Crippen LogP contribution in [-0.2, 0) is 6.42 Å². The predicted molar refractivity (Wildman–Crippen MR) is 106 cm³/mol. The van der Waals surface area contributed by atoms with E-state index in [1.165, 1.54) is 36.1 Å². The second kappa shape index (κ2) is 7.81. The third-order valence-corrected chi connectivity index (χ3v) is 5.68. The highest BCUT2D eigenvalue weighted by Crippen LogP contribution is 2.30. The Labute approximate surface area is 155 Å². The number of para-hydroxylation sites is 1. The Bertz CT molecular complexity index is 738. The molecule has 0 bridgehead atoms. The molecule has 1 saturated heterocycles. The molecule has 2 aromatic rings. The van der Waals surface area contributed by atoms with Crippen molar-refractivity contribution in [3.8, 4) is 0 Å². The average molecular weight is 349 g/mol. The van der Waals surface area contributed by atoms with Crippen molar-refractivity contribution in [1.29, 1.82) is 0 Å². The van der Waals surface area contributed by atoms with Crippen LogP contribution in [0, 0.1) is 0 Å². The Morgan fingerprint density at radius 2 is 1.69 bits per heavy atom. The summed E-state index contributed by atoms with van der Waals surface area (Å²) in [4.78, 5) is 16.9. The molecule has 1 aliphatic carbocycles. The summed E-state index contributed by atoms with van der Waals surface area (Å²) < 4.78 is 0. The summed E-state index contributed by atoms with van der Waals surface area (Å²) in [6.07, 6.45) is 3.55. The van der Waals surface area contributed by atoms with Crippen molar-refractivity contribution in [2.45, 2.75) is 25.2 Å². The topological polar surface area (TPSA) is 35.6 Å². The van der Waals surface area contributed by atoms with Crippen LogP contribution in [0.5, 0.6) is 0 Å². The molecule has 4 nitrogen and oxygen atoms in total. The number of anilines is 1. The maximum atomic E-state index is 12.6. The molecule has 1 N–H and O–H groups in total. The summed E-state index contributed by atoms with van der Waals surface area (Å²) >= 11 is 0. The SMILES string of the molecule is O=C(NCC1CCCc2ccccc21)N1CCN(c2ccccc2)CC1. The van der Waals surface area contributed by atoms with E-state index in [1.807, 2.05) is 11.0 Å². The minimum absolute atomic E-state index is 0.0840. The van der Waals surface area contributed by atoms with Gasteiger partial charge in [-0.1, -0.05) is 42.5 Å². The van der Waals surface area contributed by atoms with Crippen molar-refractivity contribution in [3.05, 3.63) is 65.7 Å². The van der Waals surface area contributed by atoms with Gasteiger partial charge in [-0.2, -0.15) is 0 Å². The van der Waals surface area contributed by atoms with Crippen LogP contribution < -0.4 is 10.2 Å². The van der Waals surface area contributed by atoms with Gasteiger partial charge in [0.1, 0.15) is 0 Å². The zero-order chi connectivity index (χ0) is 17.8. The van der Waals surface area contributed by atoms with E-state index in [0.717, 1.165) is 32.7 Å². The largest absolute Gasteiger partial charge is 0.368 e. The Balaban J connectivity index is 1.29. The average Bonchev–Trinajstić information content (AvgIpc) is 2.73. The fraction of sp³-hybridized carbons (Fsp3) is 0.409. The van der Waals surface area contributed by atoms with Crippen LogP contribution in [0.15, 0.2) is 54.6 Å². The molecule has 1 unspecified atom stereocenters. The third kappa shape index (κ3) is 3.69. The quantitative estimate of drug-likeness (QED) is 0.918. The molecule has 26 heavy (non-hydrogen) atoms. The van der Waals surface area contributed by atoms with Crippen molar-refractivity contribution in [1.82, 2.24) is 10.2 Å². The first kappa shape index (κ1) is 17.0. The van der Waals surface area contributed by atoms with E-state index >= 15 is 0 Å². The molecule has 1 fully saturated rings. The molecule has 1 aliphatic heterocycles. The van der Waals surface area contributed by atoms with Gasteiger partial charge < -0.3 is 15.1 Å². The Hall–Kier alpha value is -2.49. The number of nitrogens with one attached hydrogen (secondary N) is 1. The van der Waals surface area contributed by atoms with E-state index in [0.29, 0.717) is 5.92 Å². The fourth-order valence-electron chi connectivity index (χ4n) is 4.20. The Morgan fingerprint density at radius 3 is 2.50 bits per heavy atom. The smallest absolute Gasteiger partial charge is 0.317 e. The van der Waals surface area contributed by atoms with Gasteiger partial charge in [-0.05, 0) is 42.5 Å². The summed E-state index contributed by atoms with van der Waals surface area (Å²) in [5.41, 5.74) is 4.12. The van der Waals surface area contributed by atoms with Crippen LogP contribution in [0.2, 0.25) is 0 Å². The third-order valence-electron chi connectivity index (χ3n) is 5.68. The van der Waals surface area contributed by atoms with Crippen molar-refractivity contribution >= 4 is 11.7 Å². The van der Waals surface area contributed by atoms with E-state index in [9.17, 15) is 4.79 Å². The van der Waals surface area contributed by atoms with Gasteiger partial charge in [-0.3, -0.25) is 0 Å². The van der Waals surface area contributed by atoms with Crippen molar-refractivity contribution in [2.75, 3.05) is 37.6 Å². The molecule has 0 spiro atoms. The first-order valence-electron chi connectivity index (χ1n) is 9.72. The second-order valence-electron chi connectivity index (χ2n) is 7.28. The van der Waals surface area contributed by atoms with Crippen LogP contribution in [0.3, 0.4) is 0 Å². The monoisotopic (exact) mass is 349 g/mol. The van der Waals surface area contributed by atoms with Gasteiger partial charge in [-0.15, -0.1) is 0 Å². The number of hydrogen-bond donors (Lipinski definition) is 1. The maximum absolute atomic E-state index is 12.6. The molecule has 4 heteroatoms. The van der Waals surface area contributed by atoms with E-state index < -0.39 is 0 Å². The van der Waals surface area contributed by atoms with E-state index in [-0.39, 0.29) is 6.03 Å². The lowest BCUT2D eigenvalue weighted by atomic mass is 9.83. The lowest BCUT2D eigenvalue weighted by molar-refractivity contribution is 0.193. The zero-order valence-corrected chi connectivity index (χ0v) is 15.2. The molecular weight excluding hydrogens is 322 g/mol. The summed E-state index contributed by atoms with van der Waals surface area (Å²) in [5, 5.41) is 3.19.